The number of thiazole rings is 1. The number of benzene rings is 1. The topological polar surface area (TPSA) is 51.7 Å². The second-order valence-corrected chi connectivity index (χ2v) is 6.00. The molecule has 118 valence electrons. The number of carbonyl (C=O) groups excluding carboxylic acids is 1. The Labute approximate surface area is 138 Å². The molecule has 5 nitrogen and oxygen atoms in total. The molecule has 0 amide bonds. The molecule has 0 aliphatic carbocycles. The standard InChI is InChI=1S/C15H17ClN2O3S/c1-9(10-5-7-11(20-3)8-6-10)18(2)15-17-13(16)12(22-15)14(19)21-4/h5-9H,1-4H3. The molecule has 0 N–H and O–H groups in total. The van der Waals surface area contributed by atoms with Crippen molar-refractivity contribution in [2.45, 2.75) is 13.0 Å². The molecule has 1 unspecified atom stereocenters. The van der Waals surface area contributed by atoms with Crippen LogP contribution in [-0.2, 0) is 4.74 Å². The van der Waals surface area contributed by atoms with Gasteiger partial charge >= 0.3 is 5.97 Å². The third kappa shape index (κ3) is 3.34. The van der Waals surface area contributed by atoms with Crippen LogP contribution in [0.2, 0.25) is 5.15 Å². The lowest BCUT2D eigenvalue weighted by Gasteiger charge is -2.24. The average molecular weight is 341 g/mol. The van der Waals surface area contributed by atoms with Crippen molar-refractivity contribution in [1.29, 1.82) is 0 Å². The number of esters is 1. The number of hydrogen-bond donors (Lipinski definition) is 0. The van der Waals surface area contributed by atoms with E-state index in [-0.39, 0.29) is 11.2 Å². The molecule has 0 spiro atoms. The van der Waals surface area contributed by atoms with Gasteiger partial charge in [0.25, 0.3) is 0 Å². The fraction of sp³-hybridized carbons (Fsp3) is 0.333. The molecule has 0 radical (unpaired) electrons. The first-order valence-electron chi connectivity index (χ1n) is 6.59. The van der Waals surface area contributed by atoms with Gasteiger partial charge in [0.15, 0.2) is 15.2 Å². The van der Waals surface area contributed by atoms with E-state index in [2.05, 4.69) is 11.9 Å². The number of nitrogens with zero attached hydrogens (tertiary/aromatic N) is 2. The van der Waals surface area contributed by atoms with E-state index in [0.717, 1.165) is 11.3 Å². The lowest BCUT2D eigenvalue weighted by Crippen LogP contribution is -2.21. The minimum atomic E-state index is -0.473. The molecule has 22 heavy (non-hydrogen) atoms. The second kappa shape index (κ2) is 6.98. The number of aromatic nitrogens is 1. The SMILES string of the molecule is COC(=O)c1sc(N(C)C(C)c2ccc(OC)cc2)nc1Cl. The van der Waals surface area contributed by atoms with Crippen LogP contribution in [0.15, 0.2) is 24.3 Å². The molecule has 0 aliphatic heterocycles. The van der Waals surface area contributed by atoms with E-state index in [1.807, 2.05) is 36.2 Å². The summed E-state index contributed by atoms with van der Waals surface area (Å²) in [6.07, 6.45) is 0. The molecule has 0 aliphatic rings. The van der Waals surface area contributed by atoms with Gasteiger partial charge in [0.2, 0.25) is 0 Å². The average Bonchev–Trinajstić information content (AvgIpc) is 2.94. The zero-order valence-electron chi connectivity index (χ0n) is 12.8. The molecular weight excluding hydrogens is 324 g/mol. The molecule has 7 heteroatoms. The Bertz CT molecular complexity index is 657. The number of hydrogen-bond acceptors (Lipinski definition) is 6. The summed E-state index contributed by atoms with van der Waals surface area (Å²) in [6, 6.07) is 7.88. The number of rotatable bonds is 5. The van der Waals surface area contributed by atoms with Crippen LogP contribution in [-0.4, -0.2) is 32.2 Å². The summed E-state index contributed by atoms with van der Waals surface area (Å²) in [5.41, 5.74) is 1.11. The van der Waals surface area contributed by atoms with Crippen LogP contribution in [0.3, 0.4) is 0 Å². The number of methoxy groups -OCH3 is 2. The summed E-state index contributed by atoms with van der Waals surface area (Å²) >= 11 is 7.22. The van der Waals surface area contributed by atoms with E-state index in [4.69, 9.17) is 21.1 Å². The third-order valence-corrected chi connectivity index (χ3v) is 4.94. The van der Waals surface area contributed by atoms with E-state index in [1.54, 1.807) is 7.11 Å². The third-order valence-electron chi connectivity index (χ3n) is 3.43. The zero-order chi connectivity index (χ0) is 16.3. The van der Waals surface area contributed by atoms with Crippen molar-refractivity contribution < 1.29 is 14.3 Å². The van der Waals surface area contributed by atoms with Gasteiger partial charge in [-0.3, -0.25) is 0 Å². The Hall–Kier alpha value is -1.79. The Balaban J connectivity index is 2.22. The first kappa shape index (κ1) is 16.6. The fourth-order valence-corrected chi connectivity index (χ4v) is 3.17. The van der Waals surface area contributed by atoms with E-state index >= 15 is 0 Å². The van der Waals surface area contributed by atoms with Gasteiger partial charge in [0.1, 0.15) is 5.75 Å². The number of halogens is 1. The highest BCUT2D eigenvalue weighted by Crippen LogP contribution is 2.34. The van der Waals surface area contributed by atoms with Gasteiger partial charge in [-0.15, -0.1) is 0 Å². The molecule has 0 fully saturated rings. The highest BCUT2D eigenvalue weighted by molar-refractivity contribution is 7.18. The zero-order valence-corrected chi connectivity index (χ0v) is 14.4. The maximum absolute atomic E-state index is 11.6. The van der Waals surface area contributed by atoms with Crippen LogP contribution in [0, 0.1) is 0 Å². The molecule has 0 bridgehead atoms. The van der Waals surface area contributed by atoms with Crippen LogP contribution >= 0.6 is 22.9 Å². The van der Waals surface area contributed by atoms with Gasteiger partial charge in [-0.25, -0.2) is 9.78 Å². The lowest BCUT2D eigenvalue weighted by molar-refractivity contribution is 0.0606. The van der Waals surface area contributed by atoms with Crippen molar-refractivity contribution >= 4 is 34.0 Å². The highest BCUT2D eigenvalue weighted by Gasteiger charge is 2.22. The van der Waals surface area contributed by atoms with E-state index < -0.39 is 5.97 Å². The minimum Gasteiger partial charge on any atom is -0.497 e. The summed E-state index contributed by atoms with van der Waals surface area (Å²) in [6.45, 7) is 2.05. The molecule has 1 heterocycles. The van der Waals surface area contributed by atoms with Crippen molar-refractivity contribution in [1.82, 2.24) is 4.98 Å². The largest absolute Gasteiger partial charge is 0.497 e. The molecule has 0 saturated carbocycles. The molecule has 1 atom stereocenters. The summed E-state index contributed by atoms with van der Waals surface area (Å²) in [7, 11) is 4.86. The van der Waals surface area contributed by atoms with E-state index in [0.29, 0.717) is 10.0 Å². The Kier molecular flexibility index (Phi) is 5.26. The van der Waals surface area contributed by atoms with Gasteiger partial charge in [0, 0.05) is 7.05 Å². The summed E-state index contributed by atoms with van der Waals surface area (Å²) in [4.78, 5) is 18.1. The maximum Gasteiger partial charge on any atom is 0.351 e. The van der Waals surface area contributed by atoms with E-state index in [9.17, 15) is 4.79 Å². The van der Waals surface area contributed by atoms with Crippen LogP contribution in [0.1, 0.15) is 28.2 Å². The highest BCUT2D eigenvalue weighted by atomic mass is 35.5. The molecule has 2 aromatic rings. The van der Waals surface area contributed by atoms with Crippen molar-refractivity contribution in [3.8, 4) is 5.75 Å². The van der Waals surface area contributed by atoms with Crippen molar-refractivity contribution in [3.05, 3.63) is 39.9 Å². The molecule has 1 aromatic carbocycles. The van der Waals surface area contributed by atoms with Crippen LogP contribution in [0.5, 0.6) is 5.75 Å². The van der Waals surface area contributed by atoms with Crippen LogP contribution < -0.4 is 9.64 Å². The molecule has 0 saturated heterocycles. The maximum atomic E-state index is 11.6. The molecule has 1 aromatic heterocycles. The quantitative estimate of drug-likeness (QED) is 0.775. The van der Waals surface area contributed by atoms with Crippen LogP contribution in [0.25, 0.3) is 0 Å². The number of ether oxygens (including phenoxy) is 2. The number of anilines is 1. The van der Waals surface area contributed by atoms with Gasteiger partial charge in [0.05, 0.1) is 20.3 Å². The molecule has 2 rings (SSSR count). The lowest BCUT2D eigenvalue weighted by atomic mass is 10.1. The fourth-order valence-electron chi connectivity index (χ4n) is 1.93. The first-order chi connectivity index (χ1) is 10.5. The summed E-state index contributed by atoms with van der Waals surface area (Å²) < 4.78 is 9.85. The Morgan fingerprint density at radius 1 is 1.32 bits per heavy atom. The normalized spacial score (nSPS) is 11.9. The van der Waals surface area contributed by atoms with Crippen molar-refractivity contribution in [3.63, 3.8) is 0 Å². The second-order valence-electron chi connectivity index (χ2n) is 4.67. The van der Waals surface area contributed by atoms with Gasteiger partial charge in [-0.05, 0) is 24.6 Å². The smallest absolute Gasteiger partial charge is 0.351 e. The number of carbonyl (C=O) groups is 1. The Morgan fingerprint density at radius 3 is 2.50 bits per heavy atom. The summed E-state index contributed by atoms with van der Waals surface area (Å²) in [5.74, 6) is 0.336. The molecular formula is C15H17ClN2O3S. The van der Waals surface area contributed by atoms with Gasteiger partial charge in [-0.1, -0.05) is 35.1 Å². The van der Waals surface area contributed by atoms with E-state index in [1.165, 1.54) is 18.4 Å². The van der Waals surface area contributed by atoms with Crippen molar-refractivity contribution in [2.24, 2.45) is 0 Å². The summed E-state index contributed by atoms with van der Waals surface area (Å²) in [5, 5.41) is 0.828. The van der Waals surface area contributed by atoms with Gasteiger partial charge in [-0.2, -0.15) is 0 Å². The predicted molar refractivity (Wildman–Crippen MR) is 88.3 cm³/mol. The van der Waals surface area contributed by atoms with Crippen molar-refractivity contribution in [2.75, 3.05) is 26.2 Å². The minimum absolute atomic E-state index is 0.0682. The first-order valence-corrected chi connectivity index (χ1v) is 7.78. The van der Waals surface area contributed by atoms with Gasteiger partial charge < -0.3 is 14.4 Å². The monoisotopic (exact) mass is 340 g/mol. The predicted octanol–water partition coefficient (Wildman–Crippen LogP) is 3.79. The Morgan fingerprint density at radius 2 is 1.95 bits per heavy atom. The van der Waals surface area contributed by atoms with Crippen LogP contribution in [0.4, 0.5) is 5.13 Å².